The summed E-state index contributed by atoms with van der Waals surface area (Å²) in [5, 5.41) is 2.94. The molecule has 3 aliphatic rings. The normalized spacial score (nSPS) is 22.1. The monoisotopic (exact) mass is 482 g/mol. The smallest absolute Gasteiger partial charge is 0.325 e. The lowest BCUT2D eigenvalue weighted by atomic mass is 9.97. The number of sulfonamides is 1. The highest BCUT2D eigenvalue weighted by molar-refractivity contribution is 7.90. The third-order valence-corrected chi connectivity index (χ3v) is 8.99. The Balaban J connectivity index is 1.36. The van der Waals surface area contributed by atoms with Gasteiger partial charge in [0.1, 0.15) is 4.90 Å². The van der Waals surface area contributed by atoms with Crippen LogP contribution in [0.4, 0.5) is 15.3 Å². The highest BCUT2D eigenvalue weighted by Crippen LogP contribution is 2.34. The quantitative estimate of drug-likeness (QED) is 0.648. The van der Waals surface area contributed by atoms with E-state index in [0.29, 0.717) is 37.0 Å². The molecule has 0 radical (unpaired) electrons. The topological polar surface area (TPSA) is 90.0 Å². The molecule has 1 saturated carbocycles. The van der Waals surface area contributed by atoms with Gasteiger partial charge < -0.3 is 15.1 Å². The van der Waals surface area contributed by atoms with Gasteiger partial charge in [-0.25, -0.2) is 22.3 Å². The summed E-state index contributed by atoms with van der Waals surface area (Å²) in [6.07, 6.45) is 8.27. The molecule has 176 valence electrons. The van der Waals surface area contributed by atoms with Gasteiger partial charge in [0.15, 0.2) is 0 Å². The van der Waals surface area contributed by atoms with Crippen LogP contribution in [0.1, 0.15) is 51.4 Å². The molecule has 0 spiro atoms. The number of likely N-dealkylation sites (tertiary alicyclic amines) is 1. The number of fused-ring (bicyclic) bond motifs is 1. The number of anilines is 1. The van der Waals surface area contributed by atoms with Crippen LogP contribution in [0, 0.1) is 5.92 Å². The van der Waals surface area contributed by atoms with Crippen molar-refractivity contribution in [2.45, 2.75) is 62.3 Å². The first-order chi connectivity index (χ1) is 15.3. The van der Waals surface area contributed by atoms with Crippen LogP contribution in [0.25, 0.3) is 0 Å². The number of hydrogen-bond donors (Lipinski definition) is 1. The van der Waals surface area contributed by atoms with E-state index in [1.54, 1.807) is 6.07 Å². The van der Waals surface area contributed by atoms with Gasteiger partial charge in [0.05, 0.1) is 5.69 Å². The number of nitrogens with zero attached hydrogens (tertiary/aromatic N) is 3. The lowest BCUT2D eigenvalue weighted by Crippen LogP contribution is -2.51. The molecule has 4 amide bonds. The Hall–Kier alpha value is -2.00. The molecule has 0 bridgehead atoms. The number of carbonyl (C=O) groups excluding carboxylic acids is 2. The van der Waals surface area contributed by atoms with Crippen molar-refractivity contribution < 1.29 is 18.0 Å². The molecule has 2 heterocycles. The molecule has 1 aromatic carbocycles. The Morgan fingerprint density at radius 1 is 1.12 bits per heavy atom. The molecule has 1 saturated heterocycles. The minimum atomic E-state index is -3.97. The molecule has 32 heavy (non-hydrogen) atoms. The van der Waals surface area contributed by atoms with E-state index in [9.17, 15) is 18.0 Å². The van der Waals surface area contributed by atoms with E-state index in [2.05, 4.69) is 5.32 Å². The molecular formula is C22H31ClN4O4S. The van der Waals surface area contributed by atoms with Gasteiger partial charge in [0.2, 0.25) is 0 Å². The number of rotatable bonds is 3. The largest absolute Gasteiger partial charge is 0.335 e. The van der Waals surface area contributed by atoms with Gasteiger partial charge in [0, 0.05) is 37.7 Å². The Morgan fingerprint density at radius 3 is 2.44 bits per heavy atom. The van der Waals surface area contributed by atoms with Crippen LogP contribution in [0.15, 0.2) is 23.1 Å². The molecule has 2 fully saturated rings. The van der Waals surface area contributed by atoms with Crippen molar-refractivity contribution in [2.75, 3.05) is 32.0 Å². The molecule has 10 heteroatoms. The zero-order valence-electron chi connectivity index (χ0n) is 18.4. The van der Waals surface area contributed by atoms with E-state index >= 15 is 0 Å². The Bertz CT molecular complexity index is 970. The number of carbonyl (C=O) groups is 2. The summed E-state index contributed by atoms with van der Waals surface area (Å²) >= 11 is 5.98. The molecule has 0 atom stereocenters. The van der Waals surface area contributed by atoms with Crippen molar-refractivity contribution in [1.82, 2.24) is 14.1 Å². The summed E-state index contributed by atoms with van der Waals surface area (Å²) in [6, 6.07) is 4.12. The second-order valence-corrected chi connectivity index (χ2v) is 11.3. The van der Waals surface area contributed by atoms with Crippen molar-refractivity contribution >= 4 is 39.4 Å². The van der Waals surface area contributed by atoms with E-state index in [1.165, 1.54) is 37.8 Å². The maximum Gasteiger partial charge on any atom is 0.335 e. The third-order valence-electron chi connectivity index (χ3n) is 6.96. The van der Waals surface area contributed by atoms with Crippen molar-refractivity contribution in [2.24, 2.45) is 5.92 Å². The summed E-state index contributed by atoms with van der Waals surface area (Å²) in [7, 11) is -2.07. The second kappa shape index (κ2) is 9.47. The average Bonchev–Trinajstić information content (AvgIpc) is 3.06. The van der Waals surface area contributed by atoms with Crippen LogP contribution >= 0.6 is 11.6 Å². The zero-order valence-corrected chi connectivity index (χ0v) is 20.0. The highest BCUT2D eigenvalue weighted by Gasteiger charge is 2.39. The second-order valence-electron chi connectivity index (χ2n) is 9.08. The van der Waals surface area contributed by atoms with E-state index < -0.39 is 16.1 Å². The van der Waals surface area contributed by atoms with Crippen molar-refractivity contribution in [3.8, 4) is 0 Å². The Morgan fingerprint density at radius 2 is 1.78 bits per heavy atom. The third kappa shape index (κ3) is 4.69. The first-order valence-electron chi connectivity index (χ1n) is 11.4. The lowest BCUT2D eigenvalue weighted by molar-refractivity contribution is 0.120. The molecule has 0 aromatic heterocycles. The number of hydrogen-bond acceptors (Lipinski definition) is 4. The predicted octanol–water partition coefficient (Wildman–Crippen LogP) is 4.36. The lowest BCUT2D eigenvalue weighted by Gasteiger charge is -2.38. The van der Waals surface area contributed by atoms with Crippen LogP contribution in [-0.2, 0) is 10.0 Å². The molecule has 1 aromatic rings. The summed E-state index contributed by atoms with van der Waals surface area (Å²) in [5.41, 5.74) is 0.248. The predicted molar refractivity (Wildman–Crippen MR) is 123 cm³/mol. The number of urea groups is 2. The number of piperidine rings is 1. The highest BCUT2D eigenvalue weighted by atomic mass is 35.5. The minimum absolute atomic E-state index is 0.00324. The maximum absolute atomic E-state index is 13.0. The Labute approximate surface area is 194 Å². The van der Waals surface area contributed by atoms with Crippen LogP contribution in [-0.4, -0.2) is 67.3 Å². The van der Waals surface area contributed by atoms with Gasteiger partial charge in [-0.15, -0.1) is 0 Å². The molecule has 4 rings (SSSR count). The summed E-state index contributed by atoms with van der Waals surface area (Å²) in [6.45, 7) is 1.23. The number of halogens is 1. The molecule has 8 nitrogen and oxygen atoms in total. The van der Waals surface area contributed by atoms with Gasteiger partial charge in [-0.2, -0.15) is 0 Å². The molecule has 2 aliphatic heterocycles. The van der Waals surface area contributed by atoms with E-state index in [0.717, 1.165) is 17.1 Å². The number of amides is 4. The van der Waals surface area contributed by atoms with Gasteiger partial charge >= 0.3 is 12.1 Å². The van der Waals surface area contributed by atoms with Crippen LogP contribution in [0.5, 0.6) is 0 Å². The van der Waals surface area contributed by atoms with Crippen molar-refractivity contribution in [3.05, 3.63) is 23.2 Å². The van der Waals surface area contributed by atoms with Crippen molar-refractivity contribution in [1.29, 1.82) is 0 Å². The van der Waals surface area contributed by atoms with Gasteiger partial charge in [0.25, 0.3) is 10.0 Å². The maximum atomic E-state index is 13.0. The fourth-order valence-electron chi connectivity index (χ4n) is 4.97. The van der Waals surface area contributed by atoms with Crippen LogP contribution in [0.3, 0.4) is 0 Å². The standard InChI is InChI=1S/C22H31ClN4O4S/c1-25(18-6-4-2-3-5-7-18)22(29)26-12-10-16(11-13-26)15-27-21(28)24-19-9-8-17(23)14-20(19)32(27,30)31/h8-9,14,16,18H,2-7,10-13,15H2,1H3,(H,24,28). The summed E-state index contributed by atoms with van der Waals surface area (Å²) in [5.74, 6) is 0.00324. The fraction of sp³-hybridized carbons (Fsp3) is 0.636. The van der Waals surface area contributed by atoms with Gasteiger partial charge in [-0.05, 0) is 49.8 Å². The SMILES string of the molecule is CN(C(=O)N1CCC(CN2C(=O)Nc3ccc(Cl)cc3S2(=O)=O)CC1)C1CCCCCC1. The zero-order chi connectivity index (χ0) is 22.9. The van der Waals surface area contributed by atoms with Crippen LogP contribution < -0.4 is 5.32 Å². The molecular weight excluding hydrogens is 452 g/mol. The summed E-state index contributed by atoms with van der Waals surface area (Å²) < 4.78 is 27.0. The van der Waals surface area contributed by atoms with Gasteiger partial charge in [-0.1, -0.05) is 37.3 Å². The fourth-order valence-corrected chi connectivity index (χ4v) is 6.78. The van der Waals surface area contributed by atoms with Crippen LogP contribution in [0.2, 0.25) is 5.02 Å². The first kappa shape index (κ1) is 23.2. The van der Waals surface area contributed by atoms with Crippen molar-refractivity contribution in [3.63, 3.8) is 0 Å². The number of nitrogens with one attached hydrogen (secondary N) is 1. The first-order valence-corrected chi connectivity index (χ1v) is 13.2. The molecule has 1 N–H and O–H groups in total. The molecule has 1 aliphatic carbocycles. The Kier molecular flexibility index (Phi) is 6.86. The average molecular weight is 483 g/mol. The summed E-state index contributed by atoms with van der Waals surface area (Å²) in [4.78, 5) is 29.3. The van der Waals surface area contributed by atoms with Gasteiger partial charge in [-0.3, -0.25) is 0 Å². The van der Waals surface area contributed by atoms with E-state index in [1.807, 2.05) is 16.8 Å². The molecule has 0 unspecified atom stereocenters. The van der Waals surface area contributed by atoms with E-state index in [-0.39, 0.29) is 29.1 Å². The van der Waals surface area contributed by atoms with E-state index in [4.69, 9.17) is 11.6 Å². The minimum Gasteiger partial charge on any atom is -0.325 e. The number of benzene rings is 1.